The van der Waals surface area contributed by atoms with E-state index in [4.69, 9.17) is 5.73 Å². The number of nitrogens with two attached hydrogens (primary N) is 1. The molecule has 1 heterocycles. The van der Waals surface area contributed by atoms with E-state index < -0.39 is 0 Å². The van der Waals surface area contributed by atoms with Crippen LogP contribution in [-0.2, 0) is 19.4 Å². The topological polar surface area (TPSA) is 43.8 Å². The van der Waals surface area contributed by atoms with Crippen LogP contribution in [0.25, 0.3) is 0 Å². The van der Waals surface area contributed by atoms with Crippen molar-refractivity contribution in [3.05, 3.63) is 11.3 Å². The van der Waals surface area contributed by atoms with Gasteiger partial charge in [-0.15, -0.1) is 0 Å². The predicted octanol–water partition coefficient (Wildman–Crippen LogP) is 1.75. The van der Waals surface area contributed by atoms with Crippen LogP contribution in [0.1, 0.15) is 37.4 Å². The molecule has 13 heavy (non-hydrogen) atoms. The second-order valence-corrected chi connectivity index (χ2v) is 3.69. The molecule has 0 fully saturated rings. The van der Waals surface area contributed by atoms with Crippen molar-refractivity contribution in [1.29, 1.82) is 0 Å². The summed E-state index contributed by atoms with van der Waals surface area (Å²) in [4.78, 5) is 0. The quantitative estimate of drug-likeness (QED) is 0.667. The van der Waals surface area contributed by atoms with Crippen molar-refractivity contribution in [2.75, 3.05) is 5.73 Å². The van der Waals surface area contributed by atoms with Crippen molar-refractivity contribution in [2.45, 2.75) is 45.6 Å². The molecule has 0 saturated heterocycles. The Morgan fingerprint density at radius 1 is 1.31 bits per heavy atom. The maximum absolute atomic E-state index is 5.88. The molecule has 3 heteroatoms. The zero-order chi connectivity index (χ0) is 9.26. The third kappa shape index (κ3) is 1.43. The number of aryl methyl sites for hydroxylation is 1. The first-order valence-electron chi connectivity index (χ1n) is 5.17. The first-order valence-corrected chi connectivity index (χ1v) is 5.17. The Balaban J connectivity index is 2.42. The van der Waals surface area contributed by atoms with Gasteiger partial charge >= 0.3 is 0 Å². The van der Waals surface area contributed by atoms with E-state index in [-0.39, 0.29) is 0 Å². The number of aromatic nitrogens is 2. The van der Waals surface area contributed by atoms with Crippen LogP contribution in [0.5, 0.6) is 0 Å². The summed E-state index contributed by atoms with van der Waals surface area (Å²) in [6, 6.07) is 0. The van der Waals surface area contributed by atoms with Gasteiger partial charge in [-0.25, -0.2) is 0 Å². The molecular formula is C10H17N3. The van der Waals surface area contributed by atoms with Gasteiger partial charge in [-0.05, 0) is 32.6 Å². The van der Waals surface area contributed by atoms with E-state index in [2.05, 4.69) is 16.7 Å². The molecule has 1 aromatic heterocycles. The van der Waals surface area contributed by atoms with Crippen molar-refractivity contribution < 1.29 is 0 Å². The first-order chi connectivity index (χ1) is 6.33. The normalized spacial score (nSPS) is 16.7. The van der Waals surface area contributed by atoms with E-state index in [1.54, 1.807) is 0 Å². The molecule has 0 amide bonds. The zero-order valence-corrected chi connectivity index (χ0v) is 8.21. The van der Waals surface area contributed by atoms with Crippen LogP contribution < -0.4 is 5.73 Å². The number of fused-ring (bicyclic) bond motifs is 1. The van der Waals surface area contributed by atoms with Crippen LogP contribution in [-0.4, -0.2) is 9.78 Å². The maximum atomic E-state index is 5.88. The summed E-state index contributed by atoms with van der Waals surface area (Å²) in [6.45, 7) is 3.07. The van der Waals surface area contributed by atoms with Gasteiger partial charge in [0.1, 0.15) is 5.82 Å². The average Bonchev–Trinajstić information content (AvgIpc) is 2.38. The van der Waals surface area contributed by atoms with Gasteiger partial charge in [0.2, 0.25) is 0 Å². The van der Waals surface area contributed by atoms with Gasteiger partial charge in [-0.1, -0.05) is 6.42 Å². The first kappa shape index (κ1) is 8.60. The number of rotatable bonds is 1. The van der Waals surface area contributed by atoms with Crippen LogP contribution in [0.2, 0.25) is 0 Å². The van der Waals surface area contributed by atoms with Gasteiger partial charge in [0, 0.05) is 17.8 Å². The van der Waals surface area contributed by atoms with Gasteiger partial charge in [-0.2, -0.15) is 5.10 Å². The highest BCUT2D eigenvalue weighted by atomic mass is 15.3. The number of nitrogens with zero attached hydrogens (tertiary/aromatic N) is 2. The van der Waals surface area contributed by atoms with Crippen LogP contribution in [0, 0.1) is 0 Å². The fourth-order valence-electron chi connectivity index (χ4n) is 2.14. The summed E-state index contributed by atoms with van der Waals surface area (Å²) in [7, 11) is 0. The number of hydrogen-bond acceptors (Lipinski definition) is 2. The van der Waals surface area contributed by atoms with Crippen molar-refractivity contribution in [3.63, 3.8) is 0 Å². The molecule has 0 spiro atoms. The van der Waals surface area contributed by atoms with Crippen LogP contribution in [0.4, 0.5) is 5.82 Å². The number of nitrogen functional groups attached to an aromatic ring is 1. The van der Waals surface area contributed by atoms with E-state index in [1.165, 1.54) is 30.5 Å². The fourth-order valence-corrected chi connectivity index (χ4v) is 2.14. The van der Waals surface area contributed by atoms with Gasteiger partial charge in [0.25, 0.3) is 0 Å². The Morgan fingerprint density at radius 2 is 2.08 bits per heavy atom. The lowest BCUT2D eigenvalue weighted by Crippen LogP contribution is -2.03. The standard InChI is InChI=1S/C10H17N3/c1-2-13-9-7-5-3-4-6-8(9)10(11)12-13/h2-7H2,1H3,(H2,11,12). The lowest BCUT2D eigenvalue weighted by atomic mass is 10.1. The molecular weight excluding hydrogens is 162 g/mol. The monoisotopic (exact) mass is 179 g/mol. The fraction of sp³-hybridized carbons (Fsp3) is 0.700. The van der Waals surface area contributed by atoms with Crippen molar-refractivity contribution in [3.8, 4) is 0 Å². The molecule has 0 aromatic carbocycles. The third-order valence-corrected chi connectivity index (χ3v) is 2.84. The highest BCUT2D eigenvalue weighted by Crippen LogP contribution is 2.24. The van der Waals surface area contributed by atoms with Crippen molar-refractivity contribution in [2.24, 2.45) is 0 Å². The van der Waals surface area contributed by atoms with Gasteiger partial charge in [0.15, 0.2) is 0 Å². The second-order valence-electron chi connectivity index (χ2n) is 3.69. The molecule has 2 rings (SSSR count). The van der Waals surface area contributed by atoms with Gasteiger partial charge < -0.3 is 5.73 Å². The Labute approximate surface area is 78.9 Å². The molecule has 1 aliphatic rings. The van der Waals surface area contributed by atoms with Crippen molar-refractivity contribution in [1.82, 2.24) is 9.78 Å². The van der Waals surface area contributed by atoms with E-state index in [0.717, 1.165) is 25.2 Å². The van der Waals surface area contributed by atoms with Gasteiger partial charge in [-0.3, -0.25) is 4.68 Å². The Hall–Kier alpha value is -0.990. The minimum Gasteiger partial charge on any atom is -0.382 e. The van der Waals surface area contributed by atoms with E-state index in [9.17, 15) is 0 Å². The van der Waals surface area contributed by atoms with Gasteiger partial charge in [0.05, 0.1) is 0 Å². The number of anilines is 1. The SMILES string of the molecule is CCn1nc(N)c2c1CCCCC2. The molecule has 0 saturated carbocycles. The smallest absolute Gasteiger partial charge is 0.148 e. The molecule has 1 aliphatic carbocycles. The molecule has 3 nitrogen and oxygen atoms in total. The van der Waals surface area contributed by atoms with Crippen LogP contribution in [0.15, 0.2) is 0 Å². The number of hydrogen-bond donors (Lipinski definition) is 1. The summed E-state index contributed by atoms with van der Waals surface area (Å²) < 4.78 is 2.07. The molecule has 2 N–H and O–H groups in total. The molecule has 0 bridgehead atoms. The summed E-state index contributed by atoms with van der Waals surface area (Å²) in [6.07, 6.45) is 6.18. The second kappa shape index (κ2) is 3.40. The Morgan fingerprint density at radius 3 is 2.85 bits per heavy atom. The summed E-state index contributed by atoms with van der Waals surface area (Å²) in [5, 5.41) is 4.35. The van der Waals surface area contributed by atoms with Crippen LogP contribution in [0.3, 0.4) is 0 Å². The average molecular weight is 179 g/mol. The van der Waals surface area contributed by atoms with Crippen LogP contribution >= 0.6 is 0 Å². The minimum absolute atomic E-state index is 0.763. The molecule has 0 atom stereocenters. The zero-order valence-electron chi connectivity index (χ0n) is 8.21. The lowest BCUT2D eigenvalue weighted by Gasteiger charge is -2.02. The van der Waals surface area contributed by atoms with Crippen molar-refractivity contribution >= 4 is 5.82 Å². The Kier molecular flexibility index (Phi) is 2.25. The van der Waals surface area contributed by atoms with E-state index >= 15 is 0 Å². The Bertz CT molecular complexity index is 301. The molecule has 1 aromatic rings. The van der Waals surface area contributed by atoms with E-state index in [0.29, 0.717) is 0 Å². The third-order valence-electron chi connectivity index (χ3n) is 2.84. The summed E-state index contributed by atoms with van der Waals surface area (Å²) in [5.41, 5.74) is 8.58. The maximum Gasteiger partial charge on any atom is 0.148 e. The molecule has 0 unspecified atom stereocenters. The predicted molar refractivity (Wildman–Crippen MR) is 53.6 cm³/mol. The minimum atomic E-state index is 0.763. The molecule has 0 radical (unpaired) electrons. The lowest BCUT2D eigenvalue weighted by molar-refractivity contribution is 0.607. The largest absolute Gasteiger partial charge is 0.382 e. The highest BCUT2D eigenvalue weighted by Gasteiger charge is 2.16. The van der Waals surface area contributed by atoms with E-state index in [1.807, 2.05) is 0 Å². The summed E-state index contributed by atoms with van der Waals surface area (Å²) in [5.74, 6) is 0.763. The molecule has 0 aliphatic heterocycles. The highest BCUT2D eigenvalue weighted by molar-refractivity contribution is 5.43. The molecule has 72 valence electrons. The summed E-state index contributed by atoms with van der Waals surface area (Å²) >= 11 is 0.